The van der Waals surface area contributed by atoms with Crippen molar-refractivity contribution in [3.05, 3.63) is 33.1 Å². The van der Waals surface area contributed by atoms with E-state index in [1.165, 1.54) is 6.07 Å². The maximum atomic E-state index is 13.6. The van der Waals surface area contributed by atoms with E-state index in [9.17, 15) is 9.18 Å². The van der Waals surface area contributed by atoms with E-state index in [1.807, 2.05) is 22.6 Å². The van der Waals surface area contributed by atoms with Gasteiger partial charge in [0, 0.05) is 29.7 Å². The van der Waals surface area contributed by atoms with Gasteiger partial charge in [-0.2, -0.15) is 0 Å². The Bertz CT molecular complexity index is 390. The first-order chi connectivity index (χ1) is 7.70. The lowest BCUT2D eigenvalue weighted by molar-refractivity contribution is 0.0730. The highest BCUT2D eigenvalue weighted by atomic mass is 127. The summed E-state index contributed by atoms with van der Waals surface area (Å²) in [5, 5.41) is 3.16. The van der Waals surface area contributed by atoms with Gasteiger partial charge in [0.25, 0.3) is 5.91 Å². The van der Waals surface area contributed by atoms with Crippen molar-refractivity contribution in [2.24, 2.45) is 0 Å². The van der Waals surface area contributed by atoms with Gasteiger partial charge in [0.1, 0.15) is 5.82 Å². The highest BCUT2D eigenvalue weighted by Gasteiger charge is 2.22. The van der Waals surface area contributed by atoms with Crippen LogP contribution in [0.5, 0.6) is 0 Å². The molecule has 1 aliphatic heterocycles. The van der Waals surface area contributed by atoms with E-state index in [2.05, 4.69) is 5.32 Å². The number of nitrogens with one attached hydrogen (secondary N) is 1. The van der Waals surface area contributed by atoms with Gasteiger partial charge >= 0.3 is 0 Å². The molecule has 3 nitrogen and oxygen atoms in total. The minimum Gasteiger partial charge on any atom is -0.336 e. The van der Waals surface area contributed by atoms with Crippen LogP contribution in [0.25, 0.3) is 0 Å². The van der Waals surface area contributed by atoms with Gasteiger partial charge in [0.2, 0.25) is 0 Å². The molecule has 1 amide bonds. The Kier molecular flexibility index (Phi) is 5.61. The number of piperazine rings is 1. The first kappa shape index (κ1) is 14.7. The maximum absolute atomic E-state index is 13.6. The van der Waals surface area contributed by atoms with Crippen LogP contribution in [0, 0.1) is 9.39 Å². The van der Waals surface area contributed by atoms with Crippen LogP contribution >= 0.6 is 35.0 Å². The third-order valence-corrected chi connectivity index (χ3v) is 3.48. The van der Waals surface area contributed by atoms with Crippen molar-refractivity contribution >= 4 is 40.9 Å². The molecule has 0 atom stereocenters. The number of halogens is 3. The fourth-order valence-electron chi connectivity index (χ4n) is 1.73. The monoisotopic (exact) mass is 370 g/mol. The van der Waals surface area contributed by atoms with Gasteiger partial charge in [-0.15, -0.1) is 12.4 Å². The summed E-state index contributed by atoms with van der Waals surface area (Å²) in [4.78, 5) is 13.8. The molecule has 1 aromatic carbocycles. The molecule has 1 aromatic rings. The normalized spacial score (nSPS) is 15.3. The summed E-state index contributed by atoms with van der Waals surface area (Å²) in [7, 11) is 0. The van der Waals surface area contributed by atoms with Crippen molar-refractivity contribution in [2.45, 2.75) is 0 Å². The summed E-state index contributed by atoms with van der Waals surface area (Å²) in [6.07, 6.45) is 0. The van der Waals surface area contributed by atoms with Crippen molar-refractivity contribution < 1.29 is 9.18 Å². The van der Waals surface area contributed by atoms with Crippen molar-refractivity contribution in [2.75, 3.05) is 26.2 Å². The zero-order valence-corrected chi connectivity index (χ0v) is 12.1. The van der Waals surface area contributed by atoms with E-state index in [1.54, 1.807) is 17.0 Å². The van der Waals surface area contributed by atoms with Gasteiger partial charge < -0.3 is 10.2 Å². The second-order valence-electron chi connectivity index (χ2n) is 3.64. The van der Waals surface area contributed by atoms with Crippen molar-refractivity contribution in [3.63, 3.8) is 0 Å². The lowest BCUT2D eigenvalue weighted by Crippen LogP contribution is -2.46. The number of benzene rings is 1. The molecule has 2 rings (SSSR count). The van der Waals surface area contributed by atoms with E-state index >= 15 is 0 Å². The molecule has 1 N–H and O–H groups in total. The van der Waals surface area contributed by atoms with Gasteiger partial charge in [-0.25, -0.2) is 4.39 Å². The van der Waals surface area contributed by atoms with Crippen molar-refractivity contribution in [3.8, 4) is 0 Å². The molecule has 0 radical (unpaired) electrons. The number of amides is 1. The van der Waals surface area contributed by atoms with E-state index < -0.39 is 5.82 Å². The standard InChI is InChI=1S/C11H12FIN2O.ClH/c12-8-2-1-3-9(13)10(8)11(16)15-6-4-14-5-7-15;/h1-3,14H,4-7H2;1H. The van der Waals surface area contributed by atoms with E-state index in [0.29, 0.717) is 16.7 Å². The summed E-state index contributed by atoms with van der Waals surface area (Å²) in [5.41, 5.74) is 0.199. The van der Waals surface area contributed by atoms with Crippen molar-refractivity contribution in [1.82, 2.24) is 10.2 Å². The molecule has 1 aliphatic rings. The summed E-state index contributed by atoms with van der Waals surface area (Å²) >= 11 is 1.99. The quantitative estimate of drug-likeness (QED) is 0.766. The average Bonchev–Trinajstić information content (AvgIpc) is 2.30. The minimum atomic E-state index is -0.435. The largest absolute Gasteiger partial charge is 0.336 e. The van der Waals surface area contributed by atoms with Crippen LogP contribution in [0.4, 0.5) is 4.39 Å². The summed E-state index contributed by atoms with van der Waals surface area (Å²) in [6, 6.07) is 4.70. The Hall–Kier alpha value is -0.400. The van der Waals surface area contributed by atoms with Crippen LogP contribution in [0.1, 0.15) is 10.4 Å². The average molecular weight is 371 g/mol. The molecule has 1 fully saturated rings. The molecule has 0 aliphatic carbocycles. The zero-order valence-electron chi connectivity index (χ0n) is 9.08. The molecular weight excluding hydrogens is 357 g/mol. The molecule has 0 spiro atoms. The predicted octanol–water partition coefficient (Wildman–Crippen LogP) is 1.90. The van der Waals surface area contributed by atoms with Gasteiger partial charge in [-0.1, -0.05) is 6.07 Å². The predicted molar refractivity (Wildman–Crippen MR) is 75.1 cm³/mol. The van der Waals surface area contributed by atoms with Crippen LogP contribution < -0.4 is 5.32 Å². The Morgan fingerprint density at radius 3 is 2.59 bits per heavy atom. The number of hydrogen-bond acceptors (Lipinski definition) is 2. The third-order valence-electron chi connectivity index (χ3n) is 2.58. The molecule has 1 saturated heterocycles. The molecule has 6 heteroatoms. The smallest absolute Gasteiger partial charge is 0.258 e. The molecular formula is C11H13ClFIN2O. The lowest BCUT2D eigenvalue weighted by atomic mass is 10.1. The molecule has 17 heavy (non-hydrogen) atoms. The fraction of sp³-hybridized carbons (Fsp3) is 0.364. The molecule has 0 bridgehead atoms. The molecule has 94 valence electrons. The summed E-state index contributed by atoms with van der Waals surface area (Å²) in [6.45, 7) is 2.83. The molecule has 0 unspecified atom stereocenters. The van der Waals surface area contributed by atoms with Gasteiger partial charge in [-0.05, 0) is 34.7 Å². The molecule has 0 aromatic heterocycles. The summed E-state index contributed by atoms with van der Waals surface area (Å²) < 4.78 is 14.3. The lowest BCUT2D eigenvalue weighted by Gasteiger charge is -2.27. The van der Waals surface area contributed by atoms with Crippen LogP contribution in [0.2, 0.25) is 0 Å². The van der Waals surface area contributed by atoms with E-state index in [4.69, 9.17) is 0 Å². The Labute approximate surface area is 119 Å². The van der Waals surface area contributed by atoms with Crippen molar-refractivity contribution in [1.29, 1.82) is 0 Å². The van der Waals surface area contributed by atoms with E-state index in [0.717, 1.165) is 13.1 Å². The topological polar surface area (TPSA) is 32.3 Å². The number of rotatable bonds is 1. The Morgan fingerprint density at radius 2 is 2.00 bits per heavy atom. The number of nitrogens with zero attached hydrogens (tertiary/aromatic N) is 1. The molecule has 0 saturated carbocycles. The molecule has 1 heterocycles. The van der Waals surface area contributed by atoms with Crippen LogP contribution in [-0.4, -0.2) is 37.0 Å². The third kappa shape index (κ3) is 3.29. The zero-order chi connectivity index (χ0) is 11.5. The SMILES string of the molecule is Cl.O=C(c1c(F)cccc1I)N1CCNCC1. The minimum absolute atomic E-state index is 0. The Morgan fingerprint density at radius 1 is 1.35 bits per heavy atom. The van der Waals surface area contributed by atoms with Gasteiger partial charge in [0.15, 0.2) is 0 Å². The number of hydrogen-bond donors (Lipinski definition) is 1. The van der Waals surface area contributed by atoms with Crippen LogP contribution in [-0.2, 0) is 0 Å². The highest BCUT2D eigenvalue weighted by molar-refractivity contribution is 14.1. The Balaban J connectivity index is 0.00000144. The summed E-state index contributed by atoms with van der Waals surface area (Å²) in [5.74, 6) is -0.639. The van der Waals surface area contributed by atoms with Gasteiger partial charge in [0.05, 0.1) is 5.56 Å². The number of carbonyl (C=O) groups is 1. The number of carbonyl (C=O) groups excluding carboxylic acids is 1. The second-order valence-corrected chi connectivity index (χ2v) is 4.80. The van der Waals surface area contributed by atoms with Gasteiger partial charge in [-0.3, -0.25) is 4.79 Å². The van der Waals surface area contributed by atoms with Crippen LogP contribution in [0.3, 0.4) is 0 Å². The maximum Gasteiger partial charge on any atom is 0.258 e. The first-order valence-electron chi connectivity index (χ1n) is 5.14. The highest BCUT2D eigenvalue weighted by Crippen LogP contribution is 2.18. The second kappa shape index (κ2) is 6.51. The first-order valence-corrected chi connectivity index (χ1v) is 6.22. The van der Waals surface area contributed by atoms with E-state index in [-0.39, 0.29) is 23.9 Å². The fourth-order valence-corrected chi connectivity index (χ4v) is 2.42. The van der Waals surface area contributed by atoms with Crippen LogP contribution in [0.15, 0.2) is 18.2 Å².